The van der Waals surface area contributed by atoms with Crippen LogP contribution in [0.4, 0.5) is 11.5 Å². The average Bonchev–Trinajstić information content (AvgIpc) is 2.96. The van der Waals surface area contributed by atoms with Crippen LogP contribution in [0.15, 0.2) is 36.4 Å². The molecule has 134 valence electrons. The largest absolute Gasteiger partial charge is 0.477 e. The Bertz CT molecular complexity index is 878. The zero-order valence-electron chi connectivity index (χ0n) is 14.0. The van der Waals surface area contributed by atoms with Crippen molar-refractivity contribution in [3.63, 3.8) is 0 Å². The number of rotatable bonds is 3. The summed E-state index contributed by atoms with van der Waals surface area (Å²) in [5, 5.41) is 12.6. The number of amides is 1. The molecule has 1 atom stereocenters. The number of hydrogen-bond acceptors (Lipinski definition) is 4. The highest BCUT2D eigenvalue weighted by Crippen LogP contribution is 2.42. The van der Waals surface area contributed by atoms with Gasteiger partial charge in [-0.25, -0.2) is 9.78 Å². The minimum atomic E-state index is -1.03. The zero-order chi connectivity index (χ0) is 18.3. The first-order chi connectivity index (χ1) is 12.5. The van der Waals surface area contributed by atoms with Crippen LogP contribution >= 0.6 is 11.6 Å². The quantitative estimate of drug-likeness (QED) is 0.864. The fraction of sp³-hybridized carbons (Fsp3) is 0.316. The molecule has 3 heterocycles. The summed E-state index contributed by atoms with van der Waals surface area (Å²) in [6, 6.07) is 10.6. The number of carboxylic acid groups (broad SMARTS) is 1. The van der Waals surface area contributed by atoms with Crippen LogP contribution in [-0.2, 0) is 4.79 Å². The second-order valence-electron chi connectivity index (χ2n) is 6.71. The van der Waals surface area contributed by atoms with Gasteiger partial charge in [0.1, 0.15) is 5.82 Å². The number of benzene rings is 1. The topological polar surface area (TPSA) is 82.5 Å². The normalized spacial score (nSPS) is 20.0. The smallest absolute Gasteiger partial charge is 0.354 e. The van der Waals surface area contributed by atoms with Crippen molar-refractivity contribution in [1.29, 1.82) is 0 Å². The van der Waals surface area contributed by atoms with E-state index in [4.69, 9.17) is 16.7 Å². The fourth-order valence-electron chi connectivity index (χ4n) is 3.91. The van der Waals surface area contributed by atoms with Crippen molar-refractivity contribution in [3.8, 4) is 0 Å². The number of hydrogen-bond donors (Lipinski definition) is 2. The third-order valence-electron chi connectivity index (χ3n) is 5.18. The summed E-state index contributed by atoms with van der Waals surface area (Å²) in [6.45, 7) is 1.49. The van der Waals surface area contributed by atoms with E-state index in [1.807, 2.05) is 18.2 Å². The molecule has 0 radical (unpaired) electrons. The number of anilines is 2. The summed E-state index contributed by atoms with van der Waals surface area (Å²) in [4.78, 5) is 29.9. The van der Waals surface area contributed by atoms with Gasteiger partial charge in [0, 0.05) is 23.8 Å². The second-order valence-corrected chi connectivity index (χ2v) is 7.15. The molecule has 2 aromatic rings. The van der Waals surface area contributed by atoms with Crippen molar-refractivity contribution in [2.24, 2.45) is 5.92 Å². The maximum absolute atomic E-state index is 12.5. The number of fused-ring (bicyclic) bond motifs is 1. The molecule has 4 rings (SSSR count). The molecule has 1 fully saturated rings. The Kier molecular flexibility index (Phi) is 4.28. The van der Waals surface area contributed by atoms with E-state index in [1.54, 1.807) is 12.1 Å². The van der Waals surface area contributed by atoms with E-state index >= 15 is 0 Å². The molecule has 1 aromatic heterocycles. The van der Waals surface area contributed by atoms with Crippen molar-refractivity contribution in [2.45, 2.75) is 18.8 Å². The van der Waals surface area contributed by atoms with Gasteiger partial charge in [-0.05, 0) is 48.6 Å². The Balaban J connectivity index is 1.48. The summed E-state index contributed by atoms with van der Waals surface area (Å²) in [6.07, 6.45) is 1.69. The summed E-state index contributed by atoms with van der Waals surface area (Å²) in [5.41, 5.74) is 1.88. The molecule has 2 aliphatic rings. The number of halogens is 1. The summed E-state index contributed by atoms with van der Waals surface area (Å²) in [7, 11) is 0. The van der Waals surface area contributed by atoms with E-state index < -0.39 is 5.97 Å². The maximum atomic E-state index is 12.5. The van der Waals surface area contributed by atoms with Gasteiger partial charge in [-0.1, -0.05) is 23.7 Å². The summed E-state index contributed by atoms with van der Waals surface area (Å²) in [5.74, 6) is -0.225. The predicted molar refractivity (Wildman–Crippen MR) is 99.0 cm³/mol. The predicted octanol–water partition coefficient (Wildman–Crippen LogP) is 3.39. The third-order valence-corrected chi connectivity index (χ3v) is 5.41. The van der Waals surface area contributed by atoms with Gasteiger partial charge in [0.05, 0.1) is 5.92 Å². The number of nitrogens with one attached hydrogen (secondary N) is 1. The molecule has 0 aliphatic carbocycles. The van der Waals surface area contributed by atoms with Crippen LogP contribution in [0.3, 0.4) is 0 Å². The van der Waals surface area contributed by atoms with E-state index in [-0.39, 0.29) is 23.4 Å². The van der Waals surface area contributed by atoms with Gasteiger partial charge in [-0.3, -0.25) is 4.79 Å². The van der Waals surface area contributed by atoms with Gasteiger partial charge in [0.15, 0.2) is 5.69 Å². The number of aromatic carboxylic acids is 1. The van der Waals surface area contributed by atoms with Crippen molar-refractivity contribution in [3.05, 3.63) is 52.7 Å². The number of carbonyl (C=O) groups is 2. The lowest BCUT2D eigenvalue weighted by atomic mass is 9.81. The first kappa shape index (κ1) is 16.8. The van der Waals surface area contributed by atoms with Gasteiger partial charge in [-0.2, -0.15) is 0 Å². The number of carbonyl (C=O) groups excluding carboxylic acids is 1. The minimum absolute atomic E-state index is 0.0340. The first-order valence-corrected chi connectivity index (χ1v) is 8.96. The lowest BCUT2D eigenvalue weighted by molar-refractivity contribution is -0.118. The molecule has 6 nitrogen and oxygen atoms in total. The summed E-state index contributed by atoms with van der Waals surface area (Å²) < 4.78 is 0. The highest BCUT2D eigenvalue weighted by atomic mass is 35.5. The van der Waals surface area contributed by atoms with Crippen LogP contribution in [0.2, 0.25) is 5.02 Å². The van der Waals surface area contributed by atoms with Gasteiger partial charge in [0.2, 0.25) is 5.91 Å². The lowest BCUT2D eigenvalue weighted by Crippen LogP contribution is -2.37. The molecule has 2 N–H and O–H groups in total. The minimum Gasteiger partial charge on any atom is -0.477 e. The number of aromatic nitrogens is 1. The highest BCUT2D eigenvalue weighted by Gasteiger charge is 2.38. The Hall–Kier alpha value is -2.60. The highest BCUT2D eigenvalue weighted by molar-refractivity contribution is 6.31. The molecule has 1 aromatic carbocycles. The molecule has 7 heteroatoms. The molecule has 1 amide bonds. The van der Waals surface area contributed by atoms with Gasteiger partial charge >= 0.3 is 5.97 Å². The summed E-state index contributed by atoms with van der Waals surface area (Å²) >= 11 is 6.02. The van der Waals surface area contributed by atoms with Crippen molar-refractivity contribution >= 4 is 35.0 Å². The van der Waals surface area contributed by atoms with Crippen molar-refractivity contribution in [1.82, 2.24) is 4.98 Å². The van der Waals surface area contributed by atoms with Gasteiger partial charge in [-0.15, -0.1) is 0 Å². The van der Waals surface area contributed by atoms with E-state index in [0.717, 1.165) is 37.2 Å². The van der Waals surface area contributed by atoms with E-state index in [1.165, 1.54) is 6.07 Å². The molecule has 0 saturated carbocycles. The Morgan fingerprint density at radius 1 is 1.23 bits per heavy atom. The van der Waals surface area contributed by atoms with Crippen molar-refractivity contribution in [2.75, 3.05) is 23.3 Å². The van der Waals surface area contributed by atoms with Crippen LogP contribution in [0.25, 0.3) is 0 Å². The van der Waals surface area contributed by atoms with Crippen LogP contribution in [0, 0.1) is 5.92 Å². The molecular weight excluding hydrogens is 354 g/mol. The Labute approximate surface area is 155 Å². The molecular formula is C19H18ClN3O3. The molecule has 26 heavy (non-hydrogen) atoms. The Morgan fingerprint density at radius 3 is 2.73 bits per heavy atom. The number of carboxylic acids is 1. The molecule has 1 unspecified atom stereocenters. The number of piperidine rings is 1. The maximum Gasteiger partial charge on any atom is 0.354 e. The van der Waals surface area contributed by atoms with E-state index in [0.29, 0.717) is 10.8 Å². The molecule has 0 spiro atoms. The average molecular weight is 372 g/mol. The zero-order valence-corrected chi connectivity index (χ0v) is 14.7. The second kappa shape index (κ2) is 6.61. The molecule has 0 bridgehead atoms. The van der Waals surface area contributed by atoms with Gasteiger partial charge < -0.3 is 15.3 Å². The van der Waals surface area contributed by atoms with Crippen LogP contribution in [-0.4, -0.2) is 35.1 Å². The first-order valence-electron chi connectivity index (χ1n) is 8.58. The lowest BCUT2D eigenvalue weighted by Gasteiger charge is -2.35. The number of nitrogens with zero attached hydrogens (tertiary/aromatic N) is 2. The Morgan fingerprint density at radius 2 is 2.00 bits per heavy atom. The van der Waals surface area contributed by atoms with Crippen LogP contribution in [0.1, 0.15) is 34.8 Å². The standard InChI is InChI=1S/C19H18ClN3O3/c20-12-4-5-13-15(10-12)22-18(24)17(13)11-6-8-23(9-7-11)16-3-1-2-14(21-16)19(25)26/h1-5,10-11,17H,6-9H2,(H,22,24)(H,25,26). The SMILES string of the molecule is O=C(O)c1cccc(N2CCC(C3C(=O)Nc4cc(Cl)ccc43)CC2)n1. The van der Waals surface area contributed by atoms with Crippen LogP contribution in [0.5, 0.6) is 0 Å². The van der Waals surface area contributed by atoms with Gasteiger partial charge in [0.25, 0.3) is 0 Å². The number of pyridine rings is 1. The van der Waals surface area contributed by atoms with E-state index in [9.17, 15) is 9.59 Å². The third kappa shape index (κ3) is 3.01. The van der Waals surface area contributed by atoms with Crippen LogP contribution < -0.4 is 10.2 Å². The molecule has 1 saturated heterocycles. The fourth-order valence-corrected chi connectivity index (χ4v) is 4.08. The monoisotopic (exact) mass is 371 g/mol. The molecule has 2 aliphatic heterocycles. The van der Waals surface area contributed by atoms with Crippen molar-refractivity contribution < 1.29 is 14.7 Å². The van der Waals surface area contributed by atoms with E-state index in [2.05, 4.69) is 15.2 Å².